The highest BCUT2D eigenvalue weighted by Crippen LogP contribution is 2.31. The van der Waals surface area contributed by atoms with Gasteiger partial charge in [-0.25, -0.2) is 4.79 Å². The number of piperazine rings is 1. The summed E-state index contributed by atoms with van der Waals surface area (Å²) in [7, 11) is 1.62. The molecule has 0 bridgehead atoms. The summed E-state index contributed by atoms with van der Waals surface area (Å²) < 4.78 is 6.47. The van der Waals surface area contributed by atoms with Crippen LogP contribution in [-0.2, 0) is 11.8 Å². The second-order valence-corrected chi connectivity index (χ2v) is 6.50. The van der Waals surface area contributed by atoms with Crippen LogP contribution in [0.2, 0.25) is 0 Å². The van der Waals surface area contributed by atoms with Gasteiger partial charge in [0.05, 0.1) is 5.52 Å². The van der Waals surface area contributed by atoms with Gasteiger partial charge in [0.1, 0.15) is 0 Å². The first-order valence-corrected chi connectivity index (χ1v) is 8.22. The number of hydrogen-bond donors (Lipinski definition) is 0. The van der Waals surface area contributed by atoms with Crippen molar-refractivity contribution >= 4 is 22.9 Å². The molecule has 1 aliphatic carbocycles. The zero-order chi connectivity index (χ0) is 16.8. The van der Waals surface area contributed by atoms with E-state index in [0.29, 0.717) is 42.8 Å². The van der Waals surface area contributed by atoms with E-state index in [1.54, 1.807) is 30.1 Å². The van der Waals surface area contributed by atoms with Crippen molar-refractivity contribution in [1.82, 2.24) is 14.4 Å². The summed E-state index contributed by atoms with van der Waals surface area (Å²) in [4.78, 5) is 39.9. The highest BCUT2D eigenvalue weighted by Gasteiger charge is 2.35. The monoisotopic (exact) mass is 329 g/mol. The lowest BCUT2D eigenvalue weighted by atomic mass is 10.1. The van der Waals surface area contributed by atoms with Crippen molar-refractivity contribution in [2.24, 2.45) is 13.0 Å². The van der Waals surface area contributed by atoms with Crippen LogP contribution in [0.15, 0.2) is 27.4 Å². The third kappa shape index (κ3) is 2.50. The molecule has 1 aromatic carbocycles. The molecule has 0 radical (unpaired) electrons. The van der Waals surface area contributed by atoms with E-state index >= 15 is 0 Å². The van der Waals surface area contributed by atoms with Gasteiger partial charge in [0, 0.05) is 44.7 Å². The van der Waals surface area contributed by atoms with E-state index in [0.717, 1.165) is 12.8 Å². The van der Waals surface area contributed by atoms with E-state index in [-0.39, 0.29) is 17.7 Å². The predicted octanol–water partition coefficient (Wildman–Crippen LogP) is 0.826. The Balaban J connectivity index is 1.49. The number of rotatable bonds is 2. The SMILES string of the molecule is Cn1c(=O)oc2ccc(C(=O)N3CCN(C(=O)C4CC4)CC3)cc21. The number of nitrogens with zero attached hydrogens (tertiary/aromatic N) is 3. The molecule has 2 amide bonds. The number of fused-ring (bicyclic) bond motifs is 1. The van der Waals surface area contributed by atoms with Crippen molar-refractivity contribution in [3.8, 4) is 0 Å². The number of oxazole rings is 1. The van der Waals surface area contributed by atoms with Crippen molar-refractivity contribution in [3.63, 3.8) is 0 Å². The third-order valence-corrected chi connectivity index (χ3v) is 4.84. The number of amides is 2. The van der Waals surface area contributed by atoms with Crippen LogP contribution in [0.4, 0.5) is 0 Å². The van der Waals surface area contributed by atoms with Crippen molar-refractivity contribution in [1.29, 1.82) is 0 Å². The quantitative estimate of drug-likeness (QED) is 0.818. The summed E-state index contributed by atoms with van der Waals surface area (Å²) in [6, 6.07) is 5.01. The second-order valence-electron chi connectivity index (χ2n) is 6.50. The van der Waals surface area contributed by atoms with E-state index in [2.05, 4.69) is 0 Å². The fourth-order valence-corrected chi connectivity index (χ4v) is 3.16. The second kappa shape index (κ2) is 5.51. The molecule has 2 fully saturated rings. The molecule has 1 aromatic heterocycles. The fourth-order valence-electron chi connectivity index (χ4n) is 3.16. The van der Waals surface area contributed by atoms with E-state index in [4.69, 9.17) is 4.42 Å². The largest absolute Gasteiger partial charge is 0.419 e. The molecule has 2 aliphatic rings. The van der Waals surface area contributed by atoms with Gasteiger partial charge in [-0.2, -0.15) is 0 Å². The Morgan fingerprint density at radius 3 is 2.42 bits per heavy atom. The van der Waals surface area contributed by atoms with Gasteiger partial charge >= 0.3 is 5.76 Å². The normalized spacial score (nSPS) is 18.2. The van der Waals surface area contributed by atoms with E-state index in [1.807, 2.05) is 4.90 Å². The zero-order valence-corrected chi connectivity index (χ0v) is 13.5. The Hall–Kier alpha value is -2.57. The molecule has 0 spiro atoms. The van der Waals surface area contributed by atoms with E-state index in [9.17, 15) is 14.4 Å². The lowest BCUT2D eigenvalue weighted by Crippen LogP contribution is -2.51. The minimum atomic E-state index is -0.443. The highest BCUT2D eigenvalue weighted by atomic mass is 16.4. The van der Waals surface area contributed by atoms with Gasteiger partial charge in [-0.05, 0) is 31.0 Å². The summed E-state index contributed by atoms with van der Waals surface area (Å²) in [6.45, 7) is 2.26. The zero-order valence-electron chi connectivity index (χ0n) is 13.5. The Labute approximate surface area is 138 Å². The molecule has 24 heavy (non-hydrogen) atoms. The number of carbonyl (C=O) groups excluding carboxylic acids is 2. The molecule has 0 N–H and O–H groups in total. The van der Waals surface area contributed by atoms with Crippen LogP contribution in [0.25, 0.3) is 11.1 Å². The summed E-state index contributed by atoms with van der Waals surface area (Å²) >= 11 is 0. The molecule has 1 aliphatic heterocycles. The lowest BCUT2D eigenvalue weighted by molar-refractivity contribution is -0.134. The molecule has 1 saturated heterocycles. The first-order chi connectivity index (χ1) is 11.5. The van der Waals surface area contributed by atoms with Crippen LogP contribution in [-0.4, -0.2) is 52.4 Å². The van der Waals surface area contributed by atoms with Crippen LogP contribution < -0.4 is 5.76 Å². The predicted molar refractivity (Wildman–Crippen MR) is 86.7 cm³/mol. The molecule has 7 heteroatoms. The molecule has 2 heterocycles. The van der Waals surface area contributed by atoms with Crippen molar-refractivity contribution in [2.45, 2.75) is 12.8 Å². The molecule has 1 saturated carbocycles. The van der Waals surface area contributed by atoms with Gasteiger partial charge in [0.2, 0.25) is 5.91 Å². The van der Waals surface area contributed by atoms with Gasteiger partial charge in [-0.15, -0.1) is 0 Å². The Morgan fingerprint density at radius 2 is 1.75 bits per heavy atom. The first kappa shape index (κ1) is 15.0. The van der Waals surface area contributed by atoms with Gasteiger partial charge < -0.3 is 14.2 Å². The van der Waals surface area contributed by atoms with Crippen LogP contribution in [0.1, 0.15) is 23.2 Å². The number of aromatic nitrogens is 1. The van der Waals surface area contributed by atoms with E-state index in [1.165, 1.54) is 4.57 Å². The topological polar surface area (TPSA) is 75.8 Å². The average molecular weight is 329 g/mol. The summed E-state index contributed by atoms with van der Waals surface area (Å²) in [6.07, 6.45) is 2.00. The summed E-state index contributed by atoms with van der Waals surface area (Å²) in [5, 5.41) is 0. The van der Waals surface area contributed by atoms with Crippen LogP contribution in [0.3, 0.4) is 0 Å². The lowest BCUT2D eigenvalue weighted by Gasteiger charge is -2.35. The van der Waals surface area contributed by atoms with Crippen LogP contribution in [0, 0.1) is 5.92 Å². The van der Waals surface area contributed by atoms with Crippen LogP contribution >= 0.6 is 0 Å². The molecule has 126 valence electrons. The minimum Gasteiger partial charge on any atom is -0.408 e. The van der Waals surface area contributed by atoms with Gasteiger partial charge in [-0.3, -0.25) is 14.2 Å². The van der Waals surface area contributed by atoms with Crippen molar-refractivity contribution in [2.75, 3.05) is 26.2 Å². The Kier molecular flexibility index (Phi) is 3.44. The van der Waals surface area contributed by atoms with Crippen molar-refractivity contribution in [3.05, 3.63) is 34.3 Å². The first-order valence-electron chi connectivity index (χ1n) is 8.22. The smallest absolute Gasteiger partial charge is 0.408 e. The molecule has 0 unspecified atom stereocenters. The van der Waals surface area contributed by atoms with Gasteiger partial charge in [-0.1, -0.05) is 0 Å². The van der Waals surface area contributed by atoms with Gasteiger partial charge in [0.15, 0.2) is 5.58 Å². The molecule has 2 aromatic rings. The number of aryl methyl sites for hydroxylation is 1. The number of benzene rings is 1. The molecule has 7 nitrogen and oxygen atoms in total. The number of carbonyl (C=O) groups is 2. The summed E-state index contributed by atoms with van der Waals surface area (Å²) in [5.74, 6) is -0.0696. The van der Waals surface area contributed by atoms with Crippen molar-refractivity contribution < 1.29 is 14.0 Å². The number of hydrogen-bond acceptors (Lipinski definition) is 4. The maximum atomic E-state index is 12.7. The molecular weight excluding hydrogens is 310 g/mol. The van der Waals surface area contributed by atoms with Crippen LogP contribution in [0.5, 0.6) is 0 Å². The minimum absolute atomic E-state index is 0.0796. The maximum Gasteiger partial charge on any atom is 0.419 e. The van der Waals surface area contributed by atoms with E-state index < -0.39 is 5.76 Å². The Bertz CT molecular complexity index is 870. The third-order valence-electron chi connectivity index (χ3n) is 4.84. The highest BCUT2D eigenvalue weighted by molar-refractivity contribution is 5.97. The fraction of sp³-hybridized carbons (Fsp3) is 0.471. The average Bonchev–Trinajstić information content (AvgIpc) is 3.41. The Morgan fingerprint density at radius 1 is 1.08 bits per heavy atom. The molecule has 0 atom stereocenters. The summed E-state index contributed by atoms with van der Waals surface area (Å²) in [5.41, 5.74) is 1.60. The standard InChI is InChI=1S/C17H19N3O4/c1-18-13-10-12(4-5-14(13)24-17(18)23)16(22)20-8-6-19(7-9-20)15(21)11-2-3-11/h4-5,10-11H,2-3,6-9H2,1H3. The molecule has 4 rings (SSSR count). The maximum absolute atomic E-state index is 12.7. The van der Waals surface area contributed by atoms with Gasteiger partial charge in [0.25, 0.3) is 5.91 Å². The molecular formula is C17H19N3O4.